The van der Waals surface area contributed by atoms with Crippen molar-refractivity contribution < 1.29 is 4.79 Å². The first-order chi connectivity index (χ1) is 13.1. The van der Waals surface area contributed by atoms with Crippen molar-refractivity contribution in [3.05, 3.63) is 41.9 Å². The van der Waals surface area contributed by atoms with Gasteiger partial charge in [-0.2, -0.15) is 0 Å². The van der Waals surface area contributed by atoms with Gasteiger partial charge < -0.3 is 14.8 Å². The van der Waals surface area contributed by atoms with Crippen molar-refractivity contribution in [2.75, 3.05) is 26.2 Å². The van der Waals surface area contributed by atoms with Crippen molar-refractivity contribution in [2.24, 2.45) is 5.92 Å². The molecule has 144 valence electrons. The van der Waals surface area contributed by atoms with E-state index in [4.69, 9.17) is 0 Å². The molecule has 1 aromatic carbocycles. The molecule has 2 aliphatic heterocycles. The number of hydrogen-bond donors (Lipinski definition) is 1. The Bertz CT molecular complexity index is 787. The van der Waals surface area contributed by atoms with Gasteiger partial charge in [-0.15, -0.1) is 0 Å². The fourth-order valence-corrected chi connectivity index (χ4v) is 4.18. The Morgan fingerprint density at radius 1 is 1.15 bits per heavy atom. The Morgan fingerprint density at radius 2 is 1.89 bits per heavy atom. The minimum absolute atomic E-state index is 0.0690. The second-order valence-electron chi connectivity index (χ2n) is 8.24. The van der Waals surface area contributed by atoms with Crippen molar-refractivity contribution >= 4 is 5.91 Å². The molecule has 0 aliphatic carbocycles. The number of imidazole rings is 1. The molecule has 0 spiro atoms. The van der Waals surface area contributed by atoms with E-state index in [9.17, 15) is 4.79 Å². The Hall–Kier alpha value is -2.14. The first-order valence-corrected chi connectivity index (χ1v) is 10.3. The third-order valence-corrected chi connectivity index (χ3v) is 5.92. The topological polar surface area (TPSA) is 50.2 Å². The van der Waals surface area contributed by atoms with Crippen LogP contribution in [0.15, 0.2) is 30.5 Å². The van der Waals surface area contributed by atoms with Crippen molar-refractivity contribution in [2.45, 2.75) is 45.6 Å². The summed E-state index contributed by atoms with van der Waals surface area (Å²) in [7, 11) is 0. The summed E-state index contributed by atoms with van der Waals surface area (Å²) in [5.41, 5.74) is 3.63. The van der Waals surface area contributed by atoms with Gasteiger partial charge in [0, 0.05) is 19.6 Å². The largest absolute Gasteiger partial charge is 0.334 e. The zero-order chi connectivity index (χ0) is 18.8. The van der Waals surface area contributed by atoms with E-state index in [0.29, 0.717) is 17.7 Å². The number of nitrogens with one attached hydrogen (secondary N) is 1. The lowest BCUT2D eigenvalue weighted by Gasteiger charge is -2.29. The van der Waals surface area contributed by atoms with Crippen LogP contribution >= 0.6 is 0 Å². The number of amides is 1. The first-order valence-electron chi connectivity index (χ1n) is 10.3. The van der Waals surface area contributed by atoms with Crippen molar-refractivity contribution in [3.63, 3.8) is 0 Å². The Balaban J connectivity index is 1.51. The fourth-order valence-electron chi connectivity index (χ4n) is 4.18. The summed E-state index contributed by atoms with van der Waals surface area (Å²) < 4.78 is 2.09. The van der Waals surface area contributed by atoms with Crippen LogP contribution in [0.1, 0.15) is 55.2 Å². The number of hydrogen-bond acceptors (Lipinski definition) is 3. The molecule has 0 bridgehead atoms. The molecule has 1 saturated heterocycles. The van der Waals surface area contributed by atoms with Gasteiger partial charge in [0.05, 0.1) is 11.9 Å². The quantitative estimate of drug-likeness (QED) is 0.881. The summed E-state index contributed by atoms with van der Waals surface area (Å²) in [5, 5.41) is 3.43. The molecule has 3 heterocycles. The van der Waals surface area contributed by atoms with E-state index in [-0.39, 0.29) is 5.91 Å². The Labute approximate surface area is 161 Å². The number of benzene rings is 1. The van der Waals surface area contributed by atoms with E-state index in [1.54, 1.807) is 0 Å². The van der Waals surface area contributed by atoms with Crippen LogP contribution in [0, 0.1) is 5.92 Å². The highest BCUT2D eigenvalue weighted by molar-refractivity contribution is 5.92. The second-order valence-corrected chi connectivity index (χ2v) is 8.24. The lowest BCUT2D eigenvalue weighted by molar-refractivity contribution is 0.0690. The van der Waals surface area contributed by atoms with Gasteiger partial charge in [-0.3, -0.25) is 4.79 Å². The molecular formula is C22H30N4O. The molecule has 5 heteroatoms. The minimum atomic E-state index is 0.0690. The molecule has 27 heavy (non-hydrogen) atoms. The summed E-state index contributed by atoms with van der Waals surface area (Å²) in [6, 6.07) is 8.89. The molecule has 4 rings (SSSR count). The molecule has 1 amide bonds. The zero-order valence-corrected chi connectivity index (χ0v) is 16.4. The average molecular weight is 367 g/mol. The van der Waals surface area contributed by atoms with Gasteiger partial charge >= 0.3 is 0 Å². The maximum Gasteiger partial charge on any atom is 0.289 e. The van der Waals surface area contributed by atoms with Crippen LogP contribution in [-0.2, 0) is 6.54 Å². The maximum atomic E-state index is 12.8. The van der Waals surface area contributed by atoms with Crippen molar-refractivity contribution in [1.82, 2.24) is 19.8 Å². The van der Waals surface area contributed by atoms with Crippen LogP contribution in [0.3, 0.4) is 0 Å². The molecule has 0 unspecified atom stereocenters. The molecule has 2 aliphatic rings. The van der Waals surface area contributed by atoms with E-state index in [1.165, 1.54) is 18.4 Å². The Morgan fingerprint density at radius 3 is 2.59 bits per heavy atom. The van der Waals surface area contributed by atoms with Crippen molar-refractivity contribution in [1.29, 1.82) is 0 Å². The summed E-state index contributed by atoms with van der Waals surface area (Å²) in [6.45, 7) is 9.03. The third-order valence-electron chi connectivity index (χ3n) is 5.92. The van der Waals surface area contributed by atoms with E-state index in [1.807, 2.05) is 11.1 Å². The van der Waals surface area contributed by atoms with E-state index in [0.717, 1.165) is 50.4 Å². The molecule has 1 aromatic heterocycles. The van der Waals surface area contributed by atoms with Crippen LogP contribution in [0.5, 0.6) is 0 Å². The molecule has 2 aromatic rings. The lowest BCUT2D eigenvalue weighted by Crippen LogP contribution is -2.41. The second kappa shape index (κ2) is 7.85. The number of carbonyl (C=O) groups excluding carboxylic acids is 1. The van der Waals surface area contributed by atoms with Gasteiger partial charge in [0.1, 0.15) is 0 Å². The van der Waals surface area contributed by atoms with Crippen molar-refractivity contribution in [3.8, 4) is 11.3 Å². The Kier molecular flexibility index (Phi) is 5.30. The van der Waals surface area contributed by atoms with Gasteiger partial charge in [0.15, 0.2) is 5.82 Å². The number of rotatable bonds is 5. The number of carbonyl (C=O) groups is 1. The predicted molar refractivity (Wildman–Crippen MR) is 108 cm³/mol. The smallest absolute Gasteiger partial charge is 0.289 e. The highest BCUT2D eigenvalue weighted by Crippen LogP contribution is 2.29. The normalized spacial score (nSPS) is 18.2. The molecule has 0 radical (unpaired) electrons. The zero-order valence-electron chi connectivity index (χ0n) is 16.4. The minimum Gasteiger partial charge on any atom is -0.334 e. The highest BCUT2D eigenvalue weighted by atomic mass is 16.2. The van der Waals surface area contributed by atoms with Gasteiger partial charge in [0.2, 0.25) is 0 Å². The van der Waals surface area contributed by atoms with Gasteiger partial charge in [-0.1, -0.05) is 38.1 Å². The molecular weight excluding hydrogens is 336 g/mol. The maximum absolute atomic E-state index is 12.8. The van der Waals surface area contributed by atoms with E-state index in [2.05, 4.69) is 53.0 Å². The number of nitrogens with zero attached hydrogens (tertiary/aromatic N) is 3. The van der Waals surface area contributed by atoms with Crippen LogP contribution in [-0.4, -0.2) is 46.5 Å². The molecule has 0 saturated carbocycles. The fraction of sp³-hybridized carbons (Fsp3) is 0.545. The molecule has 1 fully saturated rings. The summed E-state index contributed by atoms with van der Waals surface area (Å²) in [6.07, 6.45) is 5.32. The number of fused-ring (bicyclic) bond motifs is 1. The lowest BCUT2D eigenvalue weighted by atomic mass is 9.89. The average Bonchev–Trinajstić information content (AvgIpc) is 3.13. The highest BCUT2D eigenvalue weighted by Gasteiger charge is 2.28. The SMILES string of the molecule is CC(C)CCN1CCn2c(-c3ccc(C4CCNCC4)cc3)cnc2C1=O. The first kappa shape index (κ1) is 18.2. The molecule has 1 N–H and O–H groups in total. The van der Waals surface area contributed by atoms with Gasteiger partial charge in [-0.25, -0.2) is 4.98 Å². The van der Waals surface area contributed by atoms with Crippen LogP contribution in [0.25, 0.3) is 11.3 Å². The third kappa shape index (κ3) is 3.79. The predicted octanol–water partition coefficient (Wildman–Crippen LogP) is 3.52. The molecule has 0 atom stereocenters. The summed E-state index contributed by atoms with van der Waals surface area (Å²) >= 11 is 0. The number of aromatic nitrogens is 2. The van der Waals surface area contributed by atoms with E-state index < -0.39 is 0 Å². The standard InChI is InChI=1S/C22H30N4O/c1-16(2)9-12-25-13-14-26-20(15-24-21(26)22(25)27)19-5-3-17(4-6-19)18-7-10-23-11-8-18/h3-6,15-16,18,23H,7-14H2,1-2H3. The van der Waals surface area contributed by atoms with Crippen LogP contribution in [0.2, 0.25) is 0 Å². The van der Waals surface area contributed by atoms with E-state index >= 15 is 0 Å². The van der Waals surface area contributed by atoms with Crippen LogP contribution < -0.4 is 5.32 Å². The van der Waals surface area contributed by atoms with Gasteiger partial charge in [-0.05, 0) is 55.3 Å². The summed E-state index contributed by atoms with van der Waals surface area (Å²) in [4.78, 5) is 19.2. The molecule has 5 nitrogen and oxygen atoms in total. The van der Waals surface area contributed by atoms with Crippen LogP contribution in [0.4, 0.5) is 0 Å². The number of piperidine rings is 1. The summed E-state index contributed by atoms with van der Waals surface area (Å²) in [5.74, 6) is 1.92. The monoisotopic (exact) mass is 366 g/mol. The van der Waals surface area contributed by atoms with Gasteiger partial charge in [0.25, 0.3) is 5.91 Å².